The Kier molecular flexibility index (Phi) is 8.04. The van der Waals surface area contributed by atoms with Crippen molar-refractivity contribution in [1.29, 1.82) is 0 Å². The van der Waals surface area contributed by atoms with Crippen molar-refractivity contribution in [3.8, 4) is 0 Å². The fraction of sp³-hybridized carbons (Fsp3) is 0.565. The maximum absolute atomic E-state index is 12.6. The standard InChI is InChI=1S/C23H34N6O4/c1-16(2)13-33-22(31)28-10-11-29-19(12-28)26-27-20(29)18(25-21(30)23(3,4)24)15-32-14-17-8-6-5-7-9-17/h5-9,16,18H,10-15,24H2,1-4H3,(H,25,30)/t18-/m1/s1. The molecule has 2 aromatic rings. The van der Waals surface area contributed by atoms with Gasteiger partial charge in [0, 0.05) is 13.1 Å². The first kappa shape index (κ1) is 24.7. The molecule has 1 atom stereocenters. The molecule has 0 saturated heterocycles. The summed E-state index contributed by atoms with van der Waals surface area (Å²) in [4.78, 5) is 26.6. The molecule has 180 valence electrons. The number of carbonyl (C=O) groups is 2. The molecule has 0 fully saturated rings. The molecule has 0 saturated carbocycles. The normalized spacial score (nSPS) is 14.7. The predicted octanol–water partition coefficient (Wildman–Crippen LogP) is 2.00. The van der Waals surface area contributed by atoms with Gasteiger partial charge in [0.15, 0.2) is 11.6 Å². The molecule has 0 radical (unpaired) electrons. The number of amides is 2. The summed E-state index contributed by atoms with van der Waals surface area (Å²) in [6.45, 7) is 9.48. The lowest BCUT2D eigenvalue weighted by Gasteiger charge is -2.29. The zero-order valence-corrected chi connectivity index (χ0v) is 19.8. The maximum Gasteiger partial charge on any atom is 0.410 e. The number of fused-ring (bicyclic) bond motifs is 1. The Balaban J connectivity index is 1.71. The number of rotatable bonds is 9. The van der Waals surface area contributed by atoms with Gasteiger partial charge in [-0.15, -0.1) is 10.2 Å². The molecule has 33 heavy (non-hydrogen) atoms. The number of benzene rings is 1. The predicted molar refractivity (Wildman–Crippen MR) is 122 cm³/mol. The van der Waals surface area contributed by atoms with Crippen LogP contribution in [0, 0.1) is 5.92 Å². The largest absolute Gasteiger partial charge is 0.449 e. The number of hydrogen-bond acceptors (Lipinski definition) is 7. The second-order valence-corrected chi connectivity index (χ2v) is 9.27. The van der Waals surface area contributed by atoms with Crippen LogP contribution in [0.5, 0.6) is 0 Å². The van der Waals surface area contributed by atoms with E-state index >= 15 is 0 Å². The molecule has 2 heterocycles. The Morgan fingerprint density at radius 3 is 2.55 bits per heavy atom. The molecule has 2 amide bonds. The fourth-order valence-electron chi connectivity index (χ4n) is 3.32. The molecule has 10 heteroatoms. The van der Waals surface area contributed by atoms with E-state index in [4.69, 9.17) is 15.2 Å². The van der Waals surface area contributed by atoms with Crippen molar-refractivity contribution in [2.45, 2.75) is 59.0 Å². The Labute approximate surface area is 194 Å². The van der Waals surface area contributed by atoms with Gasteiger partial charge >= 0.3 is 6.09 Å². The highest BCUT2D eigenvalue weighted by Crippen LogP contribution is 2.20. The molecule has 0 spiro atoms. The van der Waals surface area contributed by atoms with Gasteiger partial charge in [-0.3, -0.25) is 9.69 Å². The molecule has 1 aromatic heterocycles. The van der Waals surface area contributed by atoms with Crippen molar-refractivity contribution >= 4 is 12.0 Å². The van der Waals surface area contributed by atoms with Gasteiger partial charge in [-0.25, -0.2) is 4.79 Å². The first-order valence-corrected chi connectivity index (χ1v) is 11.2. The van der Waals surface area contributed by atoms with E-state index in [1.165, 1.54) is 0 Å². The summed E-state index contributed by atoms with van der Waals surface area (Å²) in [6, 6.07) is 9.25. The van der Waals surface area contributed by atoms with Crippen molar-refractivity contribution in [1.82, 2.24) is 25.0 Å². The summed E-state index contributed by atoms with van der Waals surface area (Å²) in [5.41, 5.74) is 5.96. The van der Waals surface area contributed by atoms with Crippen molar-refractivity contribution in [2.75, 3.05) is 19.8 Å². The van der Waals surface area contributed by atoms with E-state index in [1.54, 1.807) is 18.7 Å². The van der Waals surface area contributed by atoms with Crippen molar-refractivity contribution < 1.29 is 19.1 Å². The molecule has 10 nitrogen and oxygen atoms in total. The van der Waals surface area contributed by atoms with E-state index in [2.05, 4.69) is 15.5 Å². The van der Waals surface area contributed by atoms with E-state index in [-0.39, 0.29) is 31.1 Å². The highest BCUT2D eigenvalue weighted by molar-refractivity contribution is 5.85. The number of nitrogens with two attached hydrogens (primary N) is 1. The van der Waals surface area contributed by atoms with Gasteiger partial charge in [-0.05, 0) is 25.3 Å². The Bertz CT molecular complexity index is 938. The third-order valence-corrected chi connectivity index (χ3v) is 5.18. The highest BCUT2D eigenvalue weighted by Gasteiger charge is 2.31. The summed E-state index contributed by atoms with van der Waals surface area (Å²) in [6.07, 6.45) is -0.361. The summed E-state index contributed by atoms with van der Waals surface area (Å²) in [7, 11) is 0. The highest BCUT2D eigenvalue weighted by atomic mass is 16.6. The number of carbonyl (C=O) groups excluding carboxylic acids is 2. The van der Waals surface area contributed by atoms with Crippen LogP contribution in [-0.2, 0) is 34.0 Å². The molecule has 1 aliphatic heterocycles. The SMILES string of the molecule is CC(C)COC(=O)N1CCn2c(nnc2[C@@H](COCc2ccccc2)NC(=O)C(C)(C)N)C1. The second kappa shape index (κ2) is 10.8. The van der Waals surface area contributed by atoms with Gasteiger partial charge in [-0.1, -0.05) is 44.2 Å². The van der Waals surface area contributed by atoms with Crippen LogP contribution in [0.3, 0.4) is 0 Å². The molecular formula is C23H34N6O4. The van der Waals surface area contributed by atoms with Crippen LogP contribution in [0.25, 0.3) is 0 Å². The summed E-state index contributed by atoms with van der Waals surface area (Å²) >= 11 is 0. The summed E-state index contributed by atoms with van der Waals surface area (Å²) in [5.74, 6) is 1.15. The van der Waals surface area contributed by atoms with Crippen molar-refractivity contribution in [2.24, 2.45) is 11.7 Å². The van der Waals surface area contributed by atoms with Crippen LogP contribution in [0.15, 0.2) is 30.3 Å². The fourth-order valence-corrected chi connectivity index (χ4v) is 3.32. The summed E-state index contributed by atoms with van der Waals surface area (Å²) in [5, 5.41) is 11.5. The number of aromatic nitrogens is 3. The van der Waals surface area contributed by atoms with Crippen LogP contribution in [0.2, 0.25) is 0 Å². The van der Waals surface area contributed by atoms with Crippen LogP contribution in [0.4, 0.5) is 4.79 Å². The molecule has 1 aromatic carbocycles. The average Bonchev–Trinajstić information content (AvgIpc) is 3.20. The molecule has 0 unspecified atom stereocenters. The van der Waals surface area contributed by atoms with Gasteiger partial charge in [0.05, 0.1) is 31.9 Å². The lowest BCUT2D eigenvalue weighted by atomic mass is 10.1. The van der Waals surface area contributed by atoms with E-state index in [0.717, 1.165) is 5.56 Å². The van der Waals surface area contributed by atoms with Crippen LogP contribution >= 0.6 is 0 Å². The minimum atomic E-state index is -1.06. The number of nitrogens with one attached hydrogen (secondary N) is 1. The smallest absolute Gasteiger partial charge is 0.410 e. The lowest BCUT2D eigenvalue weighted by Crippen LogP contribution is -2.51. The number of ether oxygens (including phenoxy) is 2. The first-order valence-electron chi connectivity index (χ1n) is 11.2. The Morgan fingerprint density at radius 2 is 1.88 bits per heavy atom. The van der Waals surface area contributed by atoms with Crippen LogP contribution < -0.4 is 11.1 Å². The van der Waals surface area contributed by atoms with E-state index < -0.39 is 11.6 Å². The molecular weight excluding hydrogens is 424 g/mol. The summed E-state index contributed by atoms with van der Waals surface area (Å²) < 4.78 is 13.2. The Morgan fingerprint density at radius 1 is 1.15 bits per heavy atom. The van der Waals surface area contributed by atoms with Gasteiger partial charge in [-0.2, -0.15) is 0 Å². The van der Waals surface area contributed by atoms with Gasteiger partial charge in [0.1, 0.15) is 6.04 Å². The quantitative estimate of drug-likeness (QED) is 0.589. The van der Waals surface area contributed by atoms with Crippen molar-refractivity contribution in [3.05, 3.63) is 47.5 Å². The van der Waals surface area contributed by atoms with E-state index in [9.17, 15) is 9.59 Å². The van der Waals surface area contributed by atoms with Crippen molar-refractivity contribution in [3.63, 3.8) is 0 Å². The zero-order chi connectivity index (χ0) is 24.0. The topological polar surface area (TPSA) is 125 Å². The van der Waals surface area contributed by atoms with E-state index in [0.29, 0.717) is 38.0 Å². The van der Waals surface area contributed by atoms with Gasteiger partial charge in [0.2, 0.25) is 5.91 Å². The van der Waals surface area contributed by atoms with Gasteiger partial charge < -0.3 is 25.1 Å². The lowest BCUT2D eigenvalue weighted by molar-refractivity contribution is -0.126. The third kappa shape index (κ3) is 6.75. The first-order chi connectivity index (χ1) is 15.6. The maximum atomic E-state index is 12.6. The molecule has 3 N–H and O–H groups in total. The molecule has 0 aliphatic carbocycles. The minimum absolute atomic E-state index is 0.203. The monoisotopic (exact) mass is 458 g/mol. The third-order valence-electron chi connectivity index (χ3n) is 5.18. The minimum Gasteiger partial charge on any atom is -0.449 e. The Hall–Kier alpha value is -2.98. The molecule has 3 rings (SSSR count). The van der Waals surface area contributed by atoms with Crippen LogP contribution in [0.1, 0.15) is 50.9 Å². The second-order valence-electron chi connectivity index (χ2n) is 9.27. The van der Waals surface area contributed by atoms with Gasteiger partial charge in [0.25, 0.3) is 0 Å². The number of nitrogens with zero attached hydrogens (tertiary/aromatic N) is 4. The van der Waals surface area contributed by atoms with Crippen LogP contribution in [-0.4, -0.2) is 57.0 Å². The molecule has 0 bridgehead atoms. The number of hydrogen-bond donors (Lipinski definition) is 2. The zero-order valence-electron chi connectivity index (χ0n) is 19.8. The average molecular weight is 459 g/mol. The molecule has 1 aliphatic rings. The van der Waals surface area contributed by atoms with E-state index in [1.807, 2.05) is 48.7 Å².